The lowest BCUT2D eigenvalue weighted by Crippen LogP contribution is -2.32. The lowest BCUT2D eigenvalue weighted by Gasteiger charge is -2.17. The van der Waals surface area contributed by atoms with Gasteiger partial charge < -0.3 is 15.0 Å². The summed E-state index contributed by atoms with van der Waals surface area (Å²) in [4.78, 5) is 28.1. The maximum atomic E-state index is 12.2. The number of imidazole rings is 1. The number of carbonyl (C=O) groups excluding carboxylic acids is 1. The second kappa shape index (κ2) is 6.43. The Balaban J connectivity index is 2.09. The Labute approximate surface area is 122 Å². The lowest BCUT2D eigenvalue weighted by atomic mass is 10.1. The molecule has 0 saturated carbocycles. The van der Waals surface area contributed by atoms with Gasteiger partial charge in [0, 0.05) is 30.7 Å². The zero-order chi connectivity index (χ0) is 15.4. The molecule has 0 bridgehead atoms. The number of hydrogen-bond acceptors (Lipinski definition) is 3. The van der Waals surface area contributed by atoms with Crippen molar-refractivity contribution >= 4 is 5.91 Å². The number of aromatic nitrogens is 4. The monoisotopic (exact) mass is 291 g/mol. The fourth-order valence-corrected chi connectivity index (χ4v) is 2.36. The number of nitrogens with zero attached hydrogens (tertiary/aromatic N) is 2. The number of aromatic amines is 2. The van der Waals surface area contributed by atoms with Gasteiger partial charge in [0.1, 0.15) is 5.82 Å². The van der Waals surface area contributed by atoms with E-state index in [0.29, 0.717) is 11.3 Å². The normalized spacial score (nSPS) is 12.3. The summed E-state index contributed by atoms with van der Waals surface area (Å²) in [6, 6.07) is -0.138. The molecule has 2 aromatic rings. The molecule has 21 heavy (non-hydrogen) atoms. The van der Waals surface area contributed by atoms with Crippen LogP contribution in [0.5, 0.6) is 0 Å². The van der Waals surface area contributed by atoms with Crippen molar-refractivity contribution < 1.29 is 4.79 Å². The standard InChI is InChI=1S/C14H21N5O2/c1-4-5-11(13-15-6-7-19(13)3)16-12(20)8-10-9(2)17-18-14(10)21/h6-7,11H,4-5,8H2,1-3H3,(H,16,20)(H2,17,18,21)/t11-/m0/s1. The quantitative estimate of drug-likeness (QED) is 0.739. The third-order valence-electron chi connectivity index (χ3n) is 3.51. The fraction of sp³-hybridized carbons (Fsp3) is 0.500. The Morgan fingerprint density at radius 3 is 2.76 bits per heavy atom. The SMILES string of the molecule is CCC[C@H](NC(=O)Cc1c(C)[nH][nH]c1=O)c1nccn1C. The molecule has 1 atom stereocenters. The smallest absolute Gasteiger partial charge is 0.267 e. The number of rotatable bonds is 6. The third-order valence-corrected chi connectivity index (χ3v) is 3.51. The van der Waals surface area contributed by atoms with Crippen LogP contribution in [0, 0.1) is 6.92 Å². The summed E-state index contributed by atoms with van der Waals surface area (Å²) in [5.74, 6) is 0.648. The van der Waals surface area contributed by atoms with Gasteiger partial charge in [0.15, 0.2) is 0 Å². The van der Waals surface area contributed by atoms with Crippen LogP contribution < -0.4 is 10.9 Å². The van der Waals surface area contributed by atoms with E-state index in [2.05, 4.69) is 27.4 Å². The van der Waals surface area contributed by atoms with Crippen LogP contribution >= 0.6 is 0 Å². The largest absolute Gasteiger partial charge is 0.346 e. The number of H-pyrrole nitrogens is 2. The highest BCUT2D eigenvalue weighted by Crippen LogP contribution is 2.16. The van der Waals surface area contributed by atoms with E-state index in [-0.39, 0.29) is 23.9 Å². The summed E-state index contributed by atoms with van der Waals surface area (Å²) in [6.07, 6.45) is 5.37. The minimum atomic E-state index is -0.244. The summed E-state index contributed by atoms with van der Waals surface area (Å²) in [5.41, 5.74) is 0.924. The molecule has 0 aliphatic carbocycles. The van der Waals surface area contributed by atoms with Gasteiger partial charge in [0.05, 0.1) is 12.5 Å². The topological polar surface area (TPSA) is 95.6 Å². The highest BCUT2D eigenvalue weighted by Gasteiger charge is 2.19. The Hall–Kier alpha value is -2.31. The maximum Gasteiger partial charge on any atom is 0.267 e. The summed E-state index contributed by atoms with van der Waals surface area (Å²) in [5, 5.41) is 8.17. The molecular formula is C14H21N5O2. The molecule has 0 aromatic carbocycles. The summed E-state index contributed by atoms with van der Waals surface area (Å²) >= 11 is 0. The van der Waals surface area contributed by atoms with Gasteiger partial charge in [0.25, 0.3) is 5.56 Å². The molecule has 0 fully saturated rings. The van der Waals surface area contributed by atoms with Crippen LogP contribution in [0.4, 0.5) is 0 Å². The zero-order valence-electron chi connectivity index (χ0n) is 12.6. The second-order valence-corrected chi connectivity index (χ2v) is 5.16. The molecule has 2 aromatic heterocycles. The van der Waals surface area contributed by atoms with Crippen molar-refractivity contribution in [1.29, 1.82) is 0 Å². The van der Waals surface area contributed by atoms with Crippen molar-refractivity contribution in [2.45, 2.75) is 39.2 Å². The minimum Gasteiger partial charge on any atom is -0.346 e. The maximum absolute atomic E-state index is 12.2. The van der Waals surface area contributed by atoms with E-state index in [4.69, 9.17) is 0 Å². The molecule has 114 valence electrons. The van der Waals surface area contributed by atoms with E-state index >= 15 is 0 Å². The number of aryl methyl sites for hydroxylation is 2. The summed E-state index contributed by atoms with van der Waals surface area (Å²) in [6.45, 7) is 3.83. The van der Waals surface area contributed by atoms with E-state index < -0.39 is 0 Å². The third kappa shape index (κ3) is 3.42. The van der Waals surface area contributed by atoms with E-state index in [1.807, 2.05) is 17.8 Å². The van der Waals surface area contributed by atoms with Crippen molar-refractivity contribution in [2.24, 2.45) is 7.05 Å². The van der Waals surface area contributed by atoms with Gasteiger partial charge in [-0.05, 0) is 13.3 Å². The first kappa shape index (κ1) is 15.1. The van der Waals surface area contributed by atoms with Crippen LogP contribution in [0.3, 0.4) is 0 Å². The molecule has 7 heteroatoms. The van der Waals surface area contributed by atoms with E-state index in [1.165, 1.54) is 0 Å². The minimum absolute atomic E-state index is 0.0648. The molecule has 0 unspecified atom stereocenters. The first-order valence-corrected chi connectivity index (χ1v) is 7.05. The van der Waals surface area contributed by atoms with Crippen LogP contribution in [0.2, 0.25) is 0 Å². The molecule has 0 spiro atoms. The number of carbonyl (C=O) groups is 1. The molecule has 1 amide bonds. The first-order valence-electron chi connectivity index (χ1n) is 7.05. The number of nitrogens with one attached hydrogen (secondary N) is 3. The predicted molar refractivity (Wildman–Crippen MR) is 78.9 cm³/mol. The van der Waals surface area contributed by atoms with Crippen LogP contribution in [0.25, 0.3) is 0 Å². The highest BCUT2D eigenvalue weighted by atomic mass is 16.2. The average Bonchev–Trinajstić information content (AvgIpc) is 2.99. The van der Waals surface area contributed by atoms with Crippen LogP contribution in [0.15, 0.2) is 17.2 Å². The Bertz CT molecular complexity index is 667. The molecule has 0 radical (unpaired) electrons. The Kier molecular flexibility index (Phi) is 4.62. The predicted octanol–water partition coefficient (Wildman–Crippen LogP) is 0.945. The van der Waals surface area contributed by atoms with Crippen molar-refractivity contribution in [1.82, 2.24) is 25.1 Å². The van der Waals surface area contributed by atoms with Crippen LogP contribution in [-0.4, -0.2) is 25.7 Å². The van der Waals surface area contributed by atoms with Gasteiger partial charge in [0.2, 0.25) is 5.91 Å². The molecule has 0 saturated heterocycles. The van der Waals surface area contributed by atoms with Gasteiger partial charge in [-0.1, -0.05) is 13.3 Å². The molecule has 0 aliphatic rings. The molecular weight excluding hydrogens is 270 g/mol. The van der Waals surface area contributed by atoms with Crippen molar-refractivity contribution in [2.75, 3.05) is 0 Å². The number of amides is 1. The fourth-order valence-electron chi connectivity index (χ4n) is 2.36. The molecule has 2 rings (SSSR count). The summed E-state index contributed by atoms with van der Waals surface area (Å²) in [7, 11) is 1.90. The molecule has 0 aliphatic heterocycles. The van der Waals surface area contributed by atoms with Gasteiger partial charge in [-0.3, -0.25) is 14.7 Å². The van der Waals surface area contributed by atoms with E-state index in [1.54, 1.807) is 13.1 Å². The van der Waals surface area contributed by atoms with Gasteiger partial charge in [-0.25, -0.2) is 4.98 Å². The number of hydrogen-bond donors (Lipinski definition) is 3. The van der Waals surface area contributed by atoms with Gasteiger partial charge in [-0.2, -0.15) is 0 Å². The molecule has 3 N–H and O–H groups in total. The lowest BCUT2D eigenvalue weighted by molar-refractivity contribution is -0.121. The van der Waals surface area contributed by atoms with Crippen molar-refractivity contribution in [3.63, 3.8) is 0 Å². The van der Waals surface area contributed by atoms with E-state index in [0.717, 1.165) is 18.7 Å². The zero-order valence-corrected chi connectivity index (χ0v) is 12.6. The molecule has 2 heterocycles. The van der Waals surface area contributed by atoms with Crippen LogP contribution in [0.1, 0.15) is 42.9 Å². The summed E-state index contributed by atoms with van der Waals surface area (Å²) < 4.78 is 1.90. The van der Waals surface area contributed by atoms with Crippen LogP contribution in [-0.2, 0) is 18.3 Å². The van der Waals surface area contributed by atoms with Crippen molar-refractivity contribution in [3.8, 4) is 0 Å². The Morgan fingerprint density at radius 2 is 2.24 bits per heavy atom. The Morgan fingerprint density at radius 1 is 1.48 bits per heavy atom. The highest BCUT2D eigenvalue weighted by molar-refractivity contribution is 5.79. The van der Waals surface area contributed by atoms with Gasteiger partial charge >= 0.3 is 0 Å². The van der Waals surface area contributed by atoms with E-state index in [9.17, 15) is 9.59 Å². The molecule has 7 nitrogen and oxygen atoms in total. The second-order valence-electron chi connectivity index (χ2n) is 5.16. The average molecular weight is 291 g/mol. The van der Waals surface area contributed by atoms with Gasteiger partial charge in [-0.15, -0.1) is 0 Å². The van der Waals surface area contributed by atoms with Crippen molar-refractivity contribution in [3.05, 3.63) is 39.8 Å². The first-order chi connectivity index (χ1) is 10.0.